The van der Waals surface area contributed by atoms with E-state index in [-0.39, 0.29) is 29.2 Å². The Labute approximate surface area is 188 Å². The molecule has 0 amide bonds. The molecule has 0 saturated heterocycles. The van der Waals surface area contributed by atoms with Gasteiger partial charge in [0.15, 0.2) is 0 Å². The summed E-state index contributed by atoms with van der Waals surface area (Å²) in [6.45, 7) is 8.74. The second-order valence-electron chi connectivity index (χ2n) is 8.98. The van der Waals surface area contributed by atoms with Crippen LogP contribution in [0.4, 0.5) is 0 Å². The summed E-state index contributed by atoms with van der Waals surface area (Å²) in [5.41, 5.74) is 1.88. The van der Waals surface area contributed by atoms with Gasteiger partial charge in [0.2, 0.25) is 10.0 Å². The zero-order valence-electron chi connectivity index (χ0n) is 18.9. The van der Waals surface area contributed by atoms with Crippen molar-refractivity contribution in [1.29, 1.82) is 0 Å². The highest BCUT2D eigenvalue weighted by molar-refractivity contribution is 7.89. The van der Waals surface area contributed by atoms with E-state index in [2.05, 4.69) is 20.8 Å². The van der Waals surface area contributed by atoms with Crippen molar-refractivity contribution in [3.8, 4) is 5.75 Å². The second kappa shape index (κ2) is 9.09. The Morgan fingerprint density at radius 3 is 2.28 bits per heavy atom. The van der Waals surface area contributed by atoms with Crippen molar-refractivity contribution in [3.05, 3.63) is 58.5 Å². The number of aromatic nitrogens is 2. The summed E-state index contributed by atoms with van der Waals surface area (Å²) < 4.78 is 32.2. The van der Waals surface area contributed by atoms with E-state index in [1.54, 1.807) is 10.6 Å². The number of primary sulfonamides is 1. The molecule has 3 rings (SSSR count). The maximum absolute atomic E-state index is 13.0. The Balaban J connectivity index is 1.83. The zero-order valence-corrected chi connectivity index (χ0v) is 19.7. The van der Waals surface area contributed by atoms with Crippen LogP contribution in [0.15, 0.2) is 52.2 Å². The number of nitrogens with two attached hydrogens (primary N) is 1. The number of rotatable bonds is 8. The van der Waals surface area contributed by atoms with E-state index in [1.165, 1.54) is 22.3 Å². The molecule has 174 valence electrons. The van der Waals surface area contributed by atoms with Gasteiger partial charge >= 0.3 is 5.69 Å². The Hall–Kier alpha value is -2.62. The second-order valence-corrected chi connectivity index (χ2v) is 10.5. The van der Waals surface area contributed by atoms with Crippen LogP contribution in [-0.2, 0) is 28.5 Å². The number of benzene rings is 2. The summed E-state index contributed by atoms with van der Waals surface area (Å²) in [4.78, 5) is 12.9. The third-order valence-corrected chi connectivity index (χ3v) is 6.23. The van der Waals surface area contributed by atoms with E-state index in [4.69, 9.17) is 9.88 Å². The summed E-state index contributed by atoms with van der Waals surface area (Å²) in [5, 5.41) is 15.8. The van der Waals surface area contributed by atoms with Crippen molar-refractivity contribution in [2.45, 2.75) is 63.6 Å². The molecule has 0 aliphatic heterocycles. The Morgan fingerprint density at radius 2 is 1.72 bits per heavy atom. The molecule has 1 aromatic heterocycles. The van der Waals surface area contributed by atoms with E-state index < -0.39 is 16.1 Å². The molecular formula is C23H31N3O5S. The topological polar surface area (TPSA) is 117 Å². The van der Waals surface area contributed by atoms with Crippen molar-refractivity contribution in [1.82, 2.24) is 9.13 Å². The highest BCUT2D eigenvalue weighted by Gasteiger charge is 2.19. The lowest BCUT2D eigenvalue weighted by Crippen LogP contribution is -2.31. The molecule has 0 aliphatic carbocycles. The van der Waals surface area contributed by atoms with Gasteiger partial charge < -0.3 is 9.84 Å². The van der Waals surface area contributed by atoms with E-state index in [1.807, 2.05) is 31.2 Å². The molecule has 0 radical (unpaired) electrons. The van der Waals surface area contributed by atoms with Gasteiger partial charge in [0.1, 0.15) is 18.5 Å². The minimum atomic E-state index is -3.93. The molecule has 9 heteroatoms. The van der Waals surface area contributed by atoms with Gasteiger partial charge in [-0.2, -0.15) is 0 Å². The molecule has 0 saturated carbocycles. The molecule has 0 spiro atoms. The first-order valence-corrected chi connectivity index (χ1v) is 12.1. The maximum Gasteiger partial charge on any atom is 0.329 e. The molecule has 0 bridgehead atoms. The SMILES string of the molecule is CCCn1c(=O)n(CC(O)COc2ccc(C(C)(C)C)cc2)c2cc(S(N)(=O)=O)ccc21. The highest BCUT2D eigenvalue weighted by atomic mass is 32.2. The van der Waals surface area contributed by atoms with Gasteiger partial charge in [-0.15, -0.1) is 0 Å². The summed E-state index contributed by atoms with van der Waals surface area (Å²) in [5.74, 6) is 0.620. The Morgan fingerprint density at radius 1 is 1.06 bits per heavy atom. The fourth-order valence-corrected chi connectivity index (χ4v) is 4.13. The number of nitrogens with zero attached hydrogens (tertiary/aromatic N) is 2. The highest BCUT2D eigenvalue weighted by Crippen LogP contribution is 2.24. The third-order valence-electron chi connectivity index (χ3n) is 5.32. The van der Waals surface area contributed by atoms with Crippen LogP contribution in [0.2, 0.25) is 0 Å². The summed E-state index contributed by atoms with van der Waals surface area (Å²) >= 11 is 0. The molecule has 1 atom stereocenters. The first kappa shape index (κ1) is 24.0. The maximum atomic E-state index is 13.0. The number of aliphatic hydroxyl groups is 1. The number of fused-ring (bicyclic) bond motifs is 1. The number of imidazole rings is 1. The van der Waals surface area contributed by atoms with Crippen LogP contribution in [0.1, 0.15) is 39.7 Å². The average molecular weight is 462 g/mol. The monoisotopic (exact) mass is 461 g/mol. The van der Waals surface area contributed by atoms with E-state index in [0.717, 1.165) is 6.42 Å². The van der Waals surface area contributed by atoms with Gasteiger partial charge in [-0.3, -0.25) is 9.13 Å². The van der Waals surface area contributed by atoms with E-state index >= 15 is 0 Å². The average Bonchev–Trinajstić information content (AvgIpc) is 2.97. The fourth-order valence-electron chi connectivity index (χ4n) is 3.60. The van der Waals surface area contributed by atoms with Gasteiger partial charge in [0.05, 0.1) is 22.5 Å². The third kappa shape index (κ3) is 5.23. The molecule has 3 N–H and O–H groups in total. The van der Waals surface area contributed by atoms with Gasteiger partial charge in [-0.25, -0.2) is 18.4 Å². The normalized spacial score (nSPS) is 13.4. The van der Waals surface area contributed by atoms with Crippen LogP contribution in [-0.4, -0.2) is 35.4 Å². The van der Waals surface area contributed by atoms with Crippen LogP contribution < -0.4 is 15.6 Å². The Bertz CT molecular complexity index is 1250. The van der Waals surface area contributed by atoms with Crippen LogP contribution in [0.3, 0.4) is 0 Å². The molecule has 32 heavy (non-hydrogen) atoms. The molecule has 2 aromatic carbocycles. The Kier molecular flexibility index (Phi) is 6.83. The number of hydrogen-bond donors (Lipinski definition) is 2. The molecule has 8 nitrogen and oxygen atoms in total. The molecule has 1 unspecified atom stereocenters. The minimum Gasteiger partial charge on any atom is -0.491 e. The predicted molar refractivity (Wildman–Crippen MR) is 125 cm³/mol. The van der Waals surface area contributed by atoms with Gasteiger partial charge in [-0.05, 0) is 47.7 Å². The summed E-state index contributed by atoms with van der Waals surface area (Å²) in [6, 6.07) is 12.0. The first-order chi connectivity index (χ1) is 14.9. The lowest BCUT2D eigenvalue weighted by molar-refractivity contribution is 0.0924. The lowest BCUT2D eigenvalue weighted by atomic mass is 9.87. The van der Waals surface area contributed by atoms with Gasteiger partial charge in [0.25, 0.3) is 0 Å². The lowest BCUT2D eigenvalue weighted by Gasteiger charge is -2.19. The van der Waals surface area contributed by atoms with Crippen molar-refractivity contribution in [2.24, 2.45) is 5.14 Å². The molecule has 3 aromatic rings. The fraction of sp³-hybridized carbons (Fsp3) is 0.435. The molecular weight excluding hydrogens is 430 g/mol. The largest absolute Gasteiger partial charge is 0.491 e. The standard InChI is InChI=1S/C23H31N3O5S/c1-5-12-25-20-11-10-19(32(24,29)30)13-21(20)26(22(25)28)14-17(27)15-31-18-8-6-16(7-9-18)23(2,3)4/h6-11,13,17,27H,5,12,14-15H2,1-4H3,(H2,24,29,30). The van der Waals surface area contributed by atoms with Crippen LogP contribution in [0, 0.1) is 0 Å². The molecule has 0 aliphatic rings. The first-order valence-electron chi connectivity index (χ1n) is 10.6. The summed E-state index contributed by atoms with van der Waals surface area (Å²) in [6.07, 6.45) is -0.250. The minimum absolute atomic E-state index is 0.0172. The molecule has 0 fully saturated rings. The number of hydrogen-bond acceptors (Lipinski definition) is 5. The summed E-state index contributed by atoms with van der Waals surface area (Å²) in [7, 11) is -3.93. The van der Waals surface area contributed by atoms with Crippen LogP contribution in [0.5, 0.6) is 5.75 Å². The number of sulfonamides is 1. The van der Waals surface area contributed by atoms with Gasteiger partial charge in [-0.1, -0.05) is 39.8 Å². The predicted octanol–water partition coefficient (Wildman–Crippen LogP) is 2.60. The number of aliphatic hydroxyl groups excluding tert-OH is 1. The van der Waals surface area contributed by atoms with Crippen LogP contribution >= 0.6 is 0 Å². The number of ether oxygens (including phenoxy) is 1. The van der Waals surface area contributed by atoms with Crippen molar-refractivity contribution < 1.29 is 18.3 Å². The van der Waals surface area contributed by atoms with E-state index in [0.29, 0.717) is 23.3 Å². The van der Waals surface area contributed by atoms with Gasteiger partial charge in [0, 0.05) is 6.54 Å². The van der Waals surface area contributed by atoms with Crippen molar-refractivity contribution >= 4 is 21.1 Å². The van der Waals surface area contributed by atoms with E-state index in [9.17, 15) is 18.3 Å². The number of aryl methyl sites for hydroxylation is 1. The van der Waals surface area contributed by atoms with Crippen LogP contribution in [0.25, 0.3) is 11.0 Å². The van der Waals surface area contributed by atoms with Crippen molar-refractivity contribution in [2.75, 3.05) is 6.61 Å². The molecule has 1 heterocycles. The quantitative estimate of drug-likeness (QED) is 0.535. The van der Waals surface area contributed by atoms with Crippen molar-refractivity contribution in [3.63, 3.8) is 0 Å². The smallest absolute Gasteiger partial charge is 0.329 e. The zero-order chi connectivity index (χ0) is 23.7.